The fourth-order valence-corrected chi connectivity index (χ4v) is 0.484. The maximum absolute atomic E-state index is 10.2. The Bertz CT molecular complexity index is 178. The molecule has 1 aromatic rings. The van der Waals surface area contributed by atoms with Gasteiger partial charge in [0.25, 0.3) is 5.24 Å². The van der Waals surface area contributed by atoms with Crippen molar-refractivity contribution in [2.45, 2.75) is 0 Å². The number of rotatable bonds is 1. The van der Waals surface area contributed by atoms with Gasteiger partial charge in [0.1, 0.15) is 6.26 Å². The Kier molecular flexibility index (Phi) is 1.35. The molecule has 3 heteroatoms. The van der Waals surface area contributed by atoms with E-state index >= 15 is 0 Å². The molecule has 0 bridgehead atoms. The molecule has 2 nitrogen and oxygen atoms in total. The van der Waals surface area contributed by atoms with E-state index < -0.39 is 5.24 Å². The molecule has 0 saturated carbocycles. The van der Waals surface area contributed by atoms with Crippen LogP contribution in [0.25, 0.3) is 0 Å². The molecule has 0 fully saturated rings. The van der Waals surface area contributed by atoms with Gasteiger partial charge in [0.15, 0.2) is 0 Å². The summed E-state index contributed by atoms with van der Waals surface area (Å²) >= 11 is 5.05. The second kappa shape index (κ2) is 2.01. The normalized spacial score (nSPS) is 9.12. The zero-order valence-corrected chi connectivity index (χ0v) is 4.68. The molecule has 0 aliphatic rings. The molecule has 8 heavy (non-hydrogen) atoms. The number of halogens is 1. The van der Waals surface area contributed by atoms with Crippen LogP contribution in [-0.2, 0) is 0 Å². The molecule has 0 aliphatic heterocycles. The number of hydrogen-bond donors (Lipinski definition) is 0. The van der Waals surface area contributed by atoms with Gasteiger partial charge in [-0.3, -0.25) is 4.79 Å². The van der Waals surface area contributed by atoms with Gasteiger partial charge in [-0.15, -0.1) is 0 Å². The van der Waals surface area contributed by atoms with Crippen LogP contribution in [0.5, 0.6) is 0 Å². The van der Waals surface area contributed by atoms with Crippen LogP contribution in [0, 0.1) is 0 Å². The summed E-state index contributed by atoms with van der Waals surface area (Å²) in [6.45, 7) is 0. The molecule has 0 aliphatic carbocycles. The Morgan fingerprint density at radius 3 is 2.75 bits per heavy atom. The summed E-state index contributed by atoms with van der Waals surface area (Å²) in [7, 11) is 0. The topological polar surface area (TPSA) is 30.2 Å². The first kappa shape index (κ1) is 5.38. The lowest BCUT2D eigenvalue weighted by Gasteiger charge is -1.75. The molecule has 0 saturated heterocycles. The molecule has 1 aromatic heterocycles. The largest absolute Gasteiger partial charge is 0.472 e. The van der Waals surface area contributed by atoms with E-state index in [-0.39, 0.29) is 0 Å². The van der Waals surface area contributed by atoms with E-state index in [4.69, 9.17) is 11.6 Å². The van der Waals surface area contributed by atoms with E-state index in [1.807, 2.05) is 0 Å². The minimum atomic E-state index is -0.487. The van der Waals surface area contributed by atoms with Crippen LogP contribution in [0.1, 0.15) is 10.4 Å². The summed E-state index contributed by atoms with van der Waals surface area (Å²) in [6, 6.07) is 1.51. The number of carbonyl (C=O) groups excluding carboxylic acids is 1. The first-order valence-corrected chi connectivity index (χ1v) is 2.40. The number of hydrogen-bond acceptors (Lipinski definition) is 2. The van der Waals surface area contributed by atoms with Crippen molar-refractivity contribution in [3.05, 3.63) is 24.2 Å². The predicted octanol–water partition coefficient (Wildman–Crippen LogP) is 1.66. The van der Waals surface area contributed by atoms with Crippen molar-refractivity contribution in [3.63, 3.8) is 0 Å². The Hall–Kier alpha value is -0.760. The Balaban J connectivity index is 2.93. The second-order valence-electron chi connectivity index (χ2n) is 1.29. The Morgan fingerprint density at radius 1 is 1.75 bits per heavy atom. The van der Waals surface area contributed by atoms with Crippen LogP contribution in [0.3, 0.4) is 0 Å². The minimum absolute atomic E-state index is 0.395. The molecule has 0 N–H and O–H groups in total. The summed E-state index contributed by atoms with van der Waals surface area (Å²) in [5, 5.41) is -0.487. The standard InChI is InChI=1S/C5H3ClO2/c6-5(7)4-1-2-8-3-4/h1-3H. The zero-order chi connectivity index (χ0) is 5.98. The van der Waals surface area contributed by atoms with Crippen molar-refractivity contribution in [1.82, 2.24) is 0 Å². The fourth-order valence-electron chi connectivity index (χ4n) is 0.376. The second-order valence-corrected chi connectivity index (χ2v) is 1.63. The van der Waals surface area contributed by atoms with Gasteiger partial charge in [0.2, 0.25) is 0 Å². The quantitative estimate of drug-likeness (QED) is 0.541. The highest BCUT2D eigenvalue weighted by atomic mass is 35.5. The SMILES string of the molecule is O=C(Cl)c1ccoc1. The average molecular weight is 131 g/mol. The van der Waals surface area contributed by atoms with Crippen LogP contribution < -0.4 is 0 Å². The van der Waals surface area contributed by atoms with Crippen molar-refractivity contribution < 1.29 is 9.21 Å². The van der Waals surface area contributed by atoms with Crippen molar-refractivity contribution in [3.8, 4) is 0 Å². The van der Waals surface area contributed by atoms with Gasteiger partial charge in [-0.25, -0.2) is 0 Å². The van der Waals surface area contributed by atoms with Gasteiger partial charge in [-0.2, -0.15) is 0 Å². The van der Waals surface area contributed by atoms with Crippen LogP contribution in [0.4, 0.5) is 0 Å². The van der Waals surface area contributed by atoms with E-state index in [1.165, 1.54) is 18.6 Å². The highest BCUT2D eigenvalue weighted by Crippen LogP contribution is 2.02. The van der Waals surface area contributed by atoms with Gasteiger partial charge in [-0.1, -0.05) is 0 Å². The maximum Gasteiger partial charge on any atom is 0.255 e. The van der Waals surface area contributed by atoms with Gasteiger partial charge < -0.3 is 4.42 Å². The molecule has 0 aromatic carbocycles. The molecule has 0 amide bonds. The Morgan fingerprint density at radius 2 is 2.50 bits per heavy atom. The van der Waals surface area contributed by atoms with Crippen LogP contribution in [0.15, 0.2) is 23.0 Å². The lowest BCUT2D eigenvalue weighted by Crippen LogP contribution is -1.80. The summed E-state index contributed by atoms with van der Waals surface area (Å²) < 4.78 is 4.57. The number of carbonyl (C=O) groups is 1. The molecule has 1 heterocycles. The third-order valence-corrected chi connectivity index (χ3v) is 0.966. The summed E-state index contributed by atoms with van der Waals surface area (Å²) in [6.07, 6.45) is 2.70. The summed E-state index contributed by atoms with van der Waals surface area (Å²) in [5.74, 6) is 0. The molecular formula is C5H3ClO2. The van der Waals surface area contributed by atoms with Gasteiger partial charge >= 0.3 is 0 Å². The van der Waals surface area contributed by atoms with Crippen LogP contribution >= 0.6 is 11.6 Å². The van der Waals surface area contributed by atoms with E-state index in [0.717, 1.165) is 0 Å². The lowest BCUT2D eigenvalue weighted by molar-refractivity contribution is 0.108. The highest BCUT2D eigenvalue weighted by molar-refractivity contribution is 6.67. The van der Waals surface area contributed by atoms with Crippen molar-refractivity contribution >= 4 is 16.8 Å². The molecule has 0 radical (unpaired) electrons. The van der Waals surface area contributed by atoms with E-state index in [1.54, 1.807) is 0 Å². The molecule has 0 atom stereocenters. The summed E-state index contributed by atoms with van der Waals surface area (Å²) in [5.41, 5.74) is 0.395. The fraction of sp³-hybridized carbons (Fsp3) is 0. The van der Waals surface area contributed by atoms with Crippen LogP contribution in [0.2, 0.25) is 0 Å². The molecule has 1 rings (SSSR count). The van der Waals surface area contributed by atoms with E-state index in [0.29, 0.717) is 5.56 Å². The van der Waals surface area contributed by atoms with Crippen LogP contribution in [-0.4, -0.2) is 5.24 Å². The third-order valence-electron chi connectivity index (χ3n) is 0.748. The number of furan rings is 1. The first-order valence-electron chi connectivity index (χ1n) is 2.03. The molecule has 42 valence electrons. The third kappa shape index (κ3) is 0.898. The average Bonchev–Trinajstić information content (AvgIpc) is 2.12. The van der Waals surface area contributed by atoms with Crippen molar-refractivity contribution in [1.29, 1.82) is 0 Å². The minimum Gasteiger partial charge on any atom is -0.472 e. The van der Waals surface area contributed by atoms with E-state index in [2.05, 4.69) is 4.42 Å². The highest BCUT2D eigenvalue weighted by Gasteiger charge is 1.99. The van der Waals surface area contributed by atoms with Gasteiger partial charge in [0, 0.05) is 0 Å². The van der Waals surface area contributed by atoms with Crippen molar-refractivity contribution in [2.75, 3.05) is 0 Å². The molecule has 0 spiro atoms. The predicted molar refractivity (Wildman–Crippen MR) is 28.9 cm³/mol. The molecule has 0 unspecified atom stereocenters. The smallest absolute Gasteiger partial charge is 0.255 e. The lowest BCUT2D eigenvalue weighted by atomic mass is 10.4. The zero-order valence-electron chi connectivity index (χ0n) is 3.93. The van der Waals surface area contributed by atoms with Gasteiger partial charge in [0.05, 0.1) is 11.8 Å². The van der Waals surface area contributed by atoms with Crippen molar-refractivity contribution in [2.24, 2.45) is 0 Å². The maximum atomic E-state index is 10.2. The Labute approximate surface area is 51.1 Å². The molecular weight excluding hydrogens is 128 g/mol. The summed E-state index contributed by atoms with van der Waals surface area (Å²) in [4.78, 5) is 10.2. The first-order chi connectivity index (χ1) is 3.80. The monoisotopic (exact) mass is 130 g/mol. The van der Waals surface area contributed by atoms with Gasteiger partial charge in [-0.05, 0) is 17.7 Å². The van der Waals surface area contributed by atoms with E-state index in [9.17, 15) is 4.79 Å².